The van der Waals surface area contributed by atoms with E-state index in [1.54, 1.807) is 24.3 Å². The molecule has 0 bridgehead atoms. The van der Waals surface area contributed by atoms with Crippen LogP contribution in [0.3, 0.4) is 0 Å². The van der Waals surface area contributed by atoms with Crippen LogP contribution in [0, 0.1) is 0 Å². The first-order valence-electron chi connectivity index (χ1n) is 9.15. The van der Waals surface area contributed by atoms with Crippen LogP contribution in [0.4, 0.5) is 5.69 Å². The van der Waals surface area contributed by atoms with E-state index >= 15 is 0 Å². The maximum Gasteiger partial charge on any atom is 0.253 e. The third-order valence-corrected chi connectivity index (χ3v) is 4.51. The van der Waals surface area contributed by atoms with E-state index in [1.165, 1.54) is 0 Å². The van der Waals surface area contributed by atoms with Crippen LogP contribution in [-0.2, 0) is 11.2 Å². The molecule has 0 aromatic heterocycles. The summed E-state index contributed by atoms with van der Waals surface area (Å²) in [5.74, 6) is 1.11. The van der Waals surface area contributed by atoms with Crippen LogP contribution in [0.1, 0.15) is 42.6 Å². The lowest BCUT2D eigenvalue weighted by Gasteiger charge is -2.14. The standard InChI is InChI=1S/C21H24N2O4/c1-3-14(2)22-21(25)16-6-4-5-7-17(16)23-20(24)11-9-15-8-10-18-19(12-15)27-13-26-18/h4-8,10,12,14H,3,9,11,13H2,1-2H3,(H,22,25)(H,23,24)/t14-/m1/s1. The van der Waals surface area contributed by atoms with Crippen LogP contribution in [0.5, 0.6) is 11.5 Å². The van der Waals surface area contributed by atoms with Gasteiger partial charge in [-0.3, -0.25) is 9.59 Å². The fourth-order valence-electron chi connectivity index (χ4n) is 2.76. The SMILES string of the molecule is CC[C@@H](C)NC(=O)c1ccccc1NC(=O)CCc1ccc2c(c1)OCO2. The van der Waals surface area contributed by atoms with Gasteiger partial charge in [0.05, 0.1) is 11.3 Å². The quantitative estimate of drug-likeness (QED) is 0.784. The van der Waals surface area contributed by atoms with E-state index < -0.39 is 0 Å². The van der Waals surface area contributed by atoms with Crippen molar-refractivity contribution in [3.05, 3.63) is 53.6 Å². The molecule has 1 aliphatic heterocycles. The summed E-state index contributed by atoms with van der Waals surface area (Å²) in [6.07, 6.45) is 1.72. The lowest BCUT2D eigenvalue weighted by Crippen LogP contribution is -2.32. The van der Waals surface area contributed by atoms with Gasteiger partial charge in [-0.05, 0) is 49.6 Å². The molecule has 0 radical (unpaired) electrons. The number of anilines is 1. The molecule has 0 aliphatic carbocycles. The van der Waals surface area contributed by atoms with Crippen molar-refractivity contribution in [1.82, 2.24) is 5.32 Å². The maximum absolute atomic E-state index is 12.4. The fraction of sp³-hybridized carbons (Fsp3) is 0.333. The first-order chi connectivity index (χ1) is 13.1. The molecule has 2 aromatic rings. The number of carbonyl (C=O) groups excluding carboxylic acids is 2. The average Bonchev–Trinajstić information content (AvgIpc) is 3.14. The van der Waals surface area contributed by atoms with Crippen LogP contribution in [0.15, 0.2) is 42.5 Å². The molecule has 0 fully saturated rings. The Bertz CT molecular complexity index is 835. The number of aryl methyl sites for hydroxylation is 1. The van der Waals surface area contributed by atoms with E-state index in [4.69, 9.17) is 9.47 Å². The third kappa shape index (κ3) is 4.78. The Kier molecular flexibility index (Phi) is 5.96. The summed E-state index contributed by atoms with van der Waals surface area (Å²) in [5.41, 5.74) is 1.99. The lowest BCUT2D eigenvalue weighted by molar-refractivity contribution is -0.116. The number of benzene rings is 2. The summed E-state index contributed by atoms with van der Waals surface area (Å²) in [7, 11) is 0. The van der Waals surface area contributed by atoms with Crippen LogP contribution in [-0.4, -0.2) is 24.6 Å². The molecular weight excluding hydrogens is 344 g/mol. The van der Waals surface area contributed by atoms with Crippen LogP contribution in [0.25, 0.3) is 0 Å². The van der Waals surface area contributed by atoms with Crippen molar-refractivity contribution in [3.8, 4) is 11.5 Å². The highest BCUT2D eigenvalue weighted by Crippen LogP contribution is 2.32. The topological polar surface area (TPSA) is 76.7 Å². The van der Waals surface area contributed by atoms with E-state index in [9.17, 15) is 9.59 Å². The Morgan fingerprint density at radius 1 is 1.11 bits per heavy atom. The summed E-state index contributed by atoms with van der Waals surface area (Å²) >= 11 is 0. The van der Waals surface area contributed by atoms with Gasteiger partial charge in [-0.15, -0.1) is 0 Å². The second-order valence-electron chi connectivity index (χ2n) is 6.56. The molecule has 0 saturated carbocycles. The van der Waals surface area contributed by atoms with E-state index in [0.29, 0.717) is 29.8 Å². The zero-order chi connectivity index (χ0) is 19.2. The van der Waals surface area contributed by atoms with E-state index in [1.807, 2.05) is 32.0 Å². The molecule has 6 heteroatoms. The van der Waals surface area contributed by atoms with Gasteiger partial charge in [0.25, 0.3) is 5.91 Å². The molecule has 3 rings (SSSR count). The Morgan fingerprint density at radius 3 is 2.70 bits per heavy atom. The zero-order valence-corrected chi connectivity index (χ0v) is 15.6. The molecule has 2 N–H and O–H groups in total. The number of amides is 2. The Labute approximate surface area is 158 Å². The molecule has 0 unspecified atom stereocenters. The molecule has 2 aromatic carbocycles. The normalized spacial score (nSPS) is 13.1. The summed E-state index contributed by atoms with van der Waals surface area (Å²) in [6.45, 7) is 4.19. The molecule has 0 spiro atoms. The van der Waals surface area contributed by atoms with Crippen molar-refractivity contribution in [2.45, 2.75) is 39.2 Å². The van der Waals surface area contributed by atoms with Crippen molar-refractivity contribution in [2.75, 3.05) is 12.1 Å². The van der Waals surface area contributed by atoms with E-state index in [2.05, 4.69) is 10.6 Å². The van der Waals surface area contributed by atoms with Crippen molar-refractivity contribution >= 4 is 17.5 Å². The minimum Gasteiger partial charge on any atom is -0.454 e. The van der Waals surface area contributed by atoms with Crippen molar-refractivity contribution in [3.63, 3.8) is 0 Å². The second-order valence-corrected chi connectivity index (χ2v) is 6.56. The number of hydrogen-bond acceptors (Lipinski definition) is 4. The van der Waals surface area contributed by atoms with Crippen molar-refractivity contribution in [1.29, 1.82) is 0 Å². The smallest absolute Gasteiger partial charge is 0.253 e. The van der Waals surface area contributed by atoms with Gasteiger partial charge in [-0.2, -0.15) is 0 Å². The summed E-state index contributed by atoms with van der Waals surface area (Å²) in [5, 5.41) is 5.77. The fourth-order valence-corrected chi connectivity index (χ4v) is 2.76. The van der Waals surface area contributed by atoms with Gasteiger partial charge in [0, 0.05) is 12.5 Å². The Morgan fingerprint density at radius 2 is 1.89 bits per heavy atom. The highest BCUT2D eigenvalue weighted by molar-refractivity contribution is 6.03. The first-order valence-corrected chi connectivity index (χ1v) is 9.15. The number of fused-ring (bicyclic) bond motifs is 1. The zero-order valence-electron chi connectivity index (χ0n) is 15.6. The minimum absolute atomic E-state index is 0.0762. The lowest BCUT2D eigenvalue weighted by atomic mass is 10.1. The molecular formula is C21H24N2O4. The Balaban J connectivity index is 1.60. The van der Waals surface area contributed by atoms with Gasteiger partial charge in [0.1, 0.15) is 0 Å². The number of nitrogens with one attached hydrogen (secondary N) is 2. The van der Waals surface area contributed by atoms with Gasteiger partial charge in [0.15, 0.2) is 11.5 Å². The van der Waals surface area contributed by atoms with Crippen LogP contribution >= 0.6 is 0 Å². The van der Waals surface area contributed by atoms with Crippen molar-refractivity contribution < 1.29 is 19.1 Å². The molecule has 1 atom stereocenters. The predicted molar refractivity (Wildman–Crippen MR) is 103 cm³/mol. The molecule has 1 heterocycles. The van der Waals surface area contributed by atoms with Gasteiger partial charge in [-0.1, -0.05) is 25.1 Å². The molecule has 1 aliphatic rings. The first kappa shape index (κ1) is 18.8. The summed E-state index contributed by atoms with van der Waals surface area (Å²) < 4.78 is 10.6. The summed E-state index contributed by atoms with van der Waals surface area (Å²) in [4.78, 5) is 24.8. The van der Waals surface area contributed by atoms with Crippen LogP contribution in [0.2, 0.25) is 0 Å². The Hall–Kier alpha value is -3.02. The number of hydrogen-bond donors (Lipinski definition) is 2. The average molecular weight is 368 g/mol. The van der Waals surface area contributed by atoms with Crippen LogP contribution < -0.4 is 20.1 Å². The predicted octanol–water partition coefficient (Wildman–Crippen LogP) is 3.51. The van der Waals surface area contributed by atoms with E-state index in [-0.39, 0.29) is 24.6 Å². The molecule has 6 nitrogen and oxygen atoms in total. The van der Waals surface area contributed by atoms with E-state index in [0.717, 1.165) is 17.7 Å². The number of carbonyl (C=O) groups is 2. The molecule has 2 amide bonds. The largest absolute Gasteiger partial charge is 0.454 e. The second kappa shape index (κ2) is 8.58. The molecule has 27 heavy (non-hydrogen) atoms. The minimum atomic E-state index is -0.184. The van der Waals surface area contributed by atoms with Gasteiger partial charge < -0.3 is 20.1 Å². The highest BCUT2D eigenvalue weighted by atomic mass is 16.7. The van der Waals surface area contributed by atoms with Gasteiger partial charge in [-0.25, -0.2) is 0 Å². The third-order valence-electron chi connectivity index (χ3n) is 4.51. The summed E-state index contributed by atoms with van der Waals surface area (Å²) in [6, 6.07) is 12.8. The number of rotatable bonds is 7. The monoisotopic (exact) mass is 368 g/mol. The van der Waals surface area contributed by atoms with Crippen molar-refractivity contribution in [2.24, 2.45) is 0 Å². The van der Waals surface area contributed by atoms with Gasteiger partial charge >= 0.3 is 0 Å². The number of ether oxygens (including phenoxy) is 2. The highest BCUT2D eigenvalue weighted by Gasteiger charge is 2.16. The number of para-hydroxylation sites is 1. The molecule has 0 saturated heterocycles. The maximum atomic E-state index is 12.4. The molecule has 142 valence electrons. The van der Waals surface area contributed by atoms with Gasteiger partial charge in [0.2, 0.25) is 12.7 Å².